The van der Waals surface area contributed by atoms with E-state index in [4.69, 9.17) is 28.4 Å². The minimum Gasteiger partial charge on any atom is -0.494 e. The van der Waals surface area contributed by atoms with Crippen LogP contribution in [-0.4, -0.2) is 44.3 Å². The molecule has 0 spiro atoms. The zero-order valence-corrected chi connectivity index (χ0v) is 28.0. The van der Waals surface area contributed by atoms with Crippen LogP contribution in [0.2, 0.25) is 0 Å². The van der Waals surface area contributed by atoms with Crippen molar-refractivity contribution in [1.82, 2.24) is 0 Å². The maximum atomic E-state index is 12.8. The van der Waals surface area contributed by atoms with Gasteiger partial charge in [-0.15, -0.1) is 0 Å². The molecule has 0 radical (unpaired) electrons. The Labute approximate surface area is 284 Å². The maximum absolute atomic E-state index is 12.8. The summed E-state index contributed by atoms with van der Waals surface area (Å²) in [6.07, 6.45) is 12.7. The van der Waals surface area contributed by atoms with Gasteiger partial charge in [-0.1, -0.05) is 19.7 Å². The number of carbonyl (C=O) groups excluding carboxylic acids is 3. The van der Waals surface area contributed by atoms with E-state index in [-0.39, 0.29) is 23.8 Å². The van der Waals surface area contributed by atoms with Crippen LogP contribution in [0.5, 0.6) is 23.0 Å². The van der Waals surface area contributed by atoms with Crippen molar-refractivity contribution < 1.29 is 42.8 Å². The molecule has 9 heteroatoms. The van der Waals surface area contributed by atoms with E-state index in [2.05, 4.69) is 19.7 Å². The van der Waals surface area contributed by atoms with Crippen molar-refractivity contribution in [2.75, 3.05) is 26.4 Å². The van der Waals surface area contributed by atoms with Crippen molar-refractivity contribution in [3.8, 4) is 23.0 Å². The van der Waals surface area contributed by atoms with Gasteiger partial charge in [0.1, 0.15) is 28.8 Å². The molecule has 48 heavy (non-hydrogen) atoms. The number of allylic oxidation sites excluding steroid dienone is 1. The van der Waals surface area contributed by atoms with Crippen LogP contribution in [0.1, 0.15) is 77.0 Å². The zero-order valence-electron chi connectivity index (χ0n) is 28.0. The molecule has 0 saturated heterocycles. The maximum Gasteiger partial charge on any atom is 0.330 e. The molecule has 1 aliphatic rings. The lowest BCUT2D eigenvalue weighted by Gasteiger charge is -2.25. The molecule has 0 aliphatic heterocycles. The molecule has 9 nitrogen and oxygen atoms in total. The van der Waals surface area contributed by atoms with Crippen LogP contribution >= 0.6 is 0 Å². The van der Waals surface area contributed by atoms with Crippen LogP contribution in [-0.2, 0) is 23.9 Å². The number of ether oxygens (including phenoxy) is 6. The third kappa shape index (κ3) is 14.9. The average molecular weight is 663 g/mol. The van der Waals surface area contributed by atoms with E-state index in [1.807, 2.05) is 0 Å². The zero-order chi connectivity index (χ0) is 34.4. The summed E-state index contributed by atoms with van der Waals surface area (Å²) in [4.78, 5) is 36.6. The molecule has 2 aromatic carbocycles. The number of carbonyl (C=O) groups is 3. The lowest BCUT2D eigenvalue weighted by Crippen LogP contribution is -2.30. The van der Waals surface area contributed by atoms with Crippen molar-refractivity contribution in [2.45, 2.75) is 77.0 Å². The molecule has 1 aliphatic carbocycles. The predicted octanol–water partition coefficient (Wildman–Crippen LogP) is 8.33. The molecule has 1 saturated carbocycles. The smallest absolute Gasteiger partial charge is 0.330 e. The van der Waals surface area contributed by atoms with Crippen molar-refractivity contribution in [2.24, 2.45) is 11.8 Å². The van der Waals surface area contributed by atoms with Gasteiger partial charge in [0.15, 0.2) is 0 Å². The normalized spacial score (nSPS) is 15.4. The number of hydrogen-bond donors (Lipinski definition) is 0. The molecule has 1 fully saturated rings. The van der Waals surface area contributed by atoms with Gasteiger partial charge in [-0.3, -0.25) is 9.59 Å². The quantitative estimate of drug-likeness (QED) is 0.0290. The first-order valence-corrected chi connectivity index (χ1v) is 17.0. The molecule has 0 N–H and O–H groups in total. The lowest BCUT2D eigenvalue weighted by atomic mass is 9.82. The van der Waals surface area contributed by atoms with Crippen LogP contribution in [0.15, 0.2) is 86.2 Å². The van der Waals surface area contributed by atoms with Gasteiger partial charge in [0.05, 0.1) is 38.3 Å². The Kier molecular flexibility index (Phi) is 17.5. The highest BCUT2D eigenvalue weighted by molar-refractivity contribution is 5.81. The minimum absolute atomic E-state index is 0.253. The van der Waals surface area contributed by atoms with Crippen LogP contribution < -0.4 is 18.9 Å². The Balaban J connectivity index is 1.25. The molecule has 0 aromatic heterocycles. The second-order valence-corrected chi connectivity index (χ2v) is 11.7. The first kappa shape index (κ1) is 37.9. The van der Waals surface area contributed by atoms with Gasteiger partial charge < -0.3 is 28.4 Å². The predicted molar refractivity (Wildman–Crippen MR) is 184 cm³/mol. The van der Waals surface area contributed by atoms with E-state index >= 15 is 0 Å². The summed E-state index contributed by atoms with van der Waals surface area (Å²) in [5.74, 6) is 1.52. The molecule has 2 aromatic rings. The highest BCUT2D eigenvalue weighted by atomic mass is 16.5. The van der Waals surface area contributed by atoms with Gasteiger partial charge in [-0.05, 0) is 132 Å². The van der Waals surface area contributed by atoms with E-state index < -0.39 is 5.97 Å². The highest BCUT2D eigenvalue weighted by Gasteiger charge is 2.32. The topological polar surface area (TPSA) is 107 Å². The van der Waals surface area contributed by atoms with E-state index in [9.17, 15) is 14.4 Å². The largest absolute Gasteiger partial charge is 0.494 e. The van der Waals surface area contributed by atoms with Crippen molar-refractivity contribution >= 4 is 17.9 Å². The van der Waals surface area contributed by atoms with Gasteiger partial charge in [0.2, 0.25) is 0 Å². The van der Waals surface area contributed by atoms with E-state index in [0.29, 0.717) is 75.1 Å². The molecule has 0 unspecified atom stereocenters. The van der Waals surface area contributed by atoms with Crippen molar-refractivity contribution in [3.05, 3.63) is 86.2 Å². The third-order valence-corrected chi connectivity index (χ3v) is 8.02. The second kappa shape index (κ2) is 22.1. The first-order chi connectivity index (χ1) is 23.4. The van der Waals surface area contributed by atoms with Gasteiger partial charge in [-0.25, -0.2) is 4.79 Å². The van der Waals surface area contributed by atoms with E-state index in [1.54, 1.807) is 54.6 Å². The fraction of sp³-hybridized carbons (Fsp3) is 0.462. The minimum atomic E-state index is -0.393. The fourth-order valence-corrected chi connectivity index (χ4v) is 5.16. The number of rotatable bonds is 23. The average Bonchev–Trinajstić information content (AvgIpc) is 3.11. The van der Waals surface area contributed by atoms with Crippen LogP contribution in [0, 0.1) is 11.8 Å². The first-order valence-electron chi connectivity index (χ1n) is 17.0. The van der Waals surface area contributed by atoms with Crippen LogP contribution in [0.25, 0.3) is 0 Å². The monoisotopic (exact) mass is 662 g/mol. The van der Waals surface area contributed by atoms with E-state index in [1.165, 1.54) is 0 Å². The standard InChI is InChI=1S/C39H50O9/c1-4-30(3)43-26-10-6-7-11-27-44-33-18-22-35(23-19-33)47-38(41)31-14-16-32(17-15-31)39(42)48-36-24-20-34(21-25-36)45-28-12-8-9-13-29-46-37(40)5-2/h4-5,18-25,31-32H,1-3,6-17,26-29H2. The SMILES string of the molecule is C=CC(=C)OCCCCCCOc1ccc(OC(=O)C2CCC(C(=O)Oc3ccc(OCCCCCCOC(=O)C=C)cc3)CC2)cc1. The van der Waals surface area contributed by atoms with Gasteiger partial charge >= 0.3 is 17.9 Å². The third-order valence-electron chi connectivity index (χ3n) is 8.02. The summed E-state index contributed by atoms with van der Waals surface area (Å²) in [7, 11) is 0. The Morgan fingerprint density at radius 1 is 0.542 bits per heavy atom. The number of unbranched alkanes of at least 4 members (excludes halogenated alkanes) is 6. The fourth-order valence-electron chi connectivity index (χ4n) is 5.16. The van der Waals surface area contributed by atoms with Gasteiger partial charge in [0, 0.05) is 6.08 Å². The summed E-state index contributed by atoms with van der Waals surface area (Å²) in [5.41, 5.74) is 0. The summed E-state index contributed by atoms with van der Waals surface area (Å²) >= 11 is 0. The molecular formula is C39H50O9. The van der Waals surface area contributed by atoms with E-state index in [0.717, 1.165) is 63.2 Å². The van der Waals surface area contributed by atoms with Crippen molar-refractivity contribution in [1.29, 1.82) is 0 Å². The van der Waals surface area contributed by atoms with Crippen LogP contribution in [0.3, 0.4) is 0 Å². The highest BCUT2D eigenvalue weighted by Crippen LogP contribution is 2.32. The molecule has 0 heterocycles. The lowest BCUT2D eigenvalue weighted by molar-refractivity contribution is -0.145. The molecular weight excluding hydrogens is 612 g/mol. The number of hydrogen-bond acceptors (Lipinski definition) is 9. The van der Waals surface area contributed by atoms with Crippen molar-refractivity contribution in [3.63, 3.8) is 0 Å². The molecule has 0 atom stereocenters. The Morgan fingerprint density at radius 3 is 1.31 bits per heavy atom. The summed E-state index contributed by atoms with van der Waals surface area (Å²) in [5, 5.41) is 0. The Bertz CT molecular complexity index is 1190. The molecule has 0 bridgehead atoms. The second-order valence-electron chi connectivity index (χ2n) is 11.7. The Hall–Kier alpha value is -4.53. The summed E-state index contributed by atoms with van der Waals surface area (Å²) in [6.45, 7) is 13.0. The summed E-state index contributed by atoms with van der Waals surface area (Å²) in [6, 6.07) is 14.1. The van der Waals surface area contributed by atoms with Gasteiger partial charge in [0.25, 0.3) is 0 Å². The number of esters is 3. The van der Waals surface area contributed by atoms with Gasteiger partial charge in [-0.2, -0.15) is 0 Å². The molecule has 3 rings (SSSR count). The molecule has 0 amide bonds. The number of benzene rings is 2. The summed E-state index contributed by atoms with van der Waals surface area (Å²) < 4.78 is 33.2. The Morgan fingerprint density at radius 2 is 0.917 bits per heavy atom. The molecule has 260 valence electrons. The van der Waals surface area contributed by atoms with Crippen LogP contribution in [0.4, 0.5) is 0 Å².